The predicted molar refractivity (Wildman–Crippen MR) is 79.3 cm³/mol. The van der Waals surface area contributed by atoms with Crippen LogP contribution < -0.4 is 14.4 Å². The fraction of sp³-hybridized carbons (Fsp3) is 0.625. The molecule has 1 aromatic carbocycles. The molecule has 108 valence electrons. The number of hydrogen-bond acceptors (Lipinski definition) is 2. The summed E-state index contributed by atoms with van der Waals surface area (Å²) in [7, 11) is 1.68. The zero-order chi connectivity index (χ0) is 13.9. The highest BCUT2D eigenvalue weighted by molar-refractivity contribution is 5.32. The van der Waals surface area contributed by atoms with E-state index in [0.717, 1.165) is 24.5 Å². The summed E-state index contributed by atoms with van der Waals surface area (Å²) in [5, 5.41) is 0. The first-order valence-corrected chi connectivity index (χ1v) is 7.40. The third kappa shape index (κ3) is 6.48. The Balaban J connectivity index is 2.10. The largest absolute Gasteiger partial charge is 0.497 e. The van der Waals surface area contributed by atoms with Crippen LogP contribution in [0.1, 0.15) is 33.1 Å². The topological polar surface area (TPSA) is 22.9 Å². The highest BCUT2D eigenvalue weighted by Gasteiger charge is 2.01. The molecule has 0 aromatic heterocycles. The first kappa shape index (κ1) is 15.8. The molecule has 0 aliphatic carbocycles. The first-order valence-electron chi connectivity index (χ1n) is 7.40. The highest BCUT2D eigenvalue weighted by atomic mass is 16.5. The van der Waals surface area contributed by atoms with Crippen molar-refractivity contribution in [3.63, 3.8) is 0 Å². The fourth-order valence-electron chi connectivity index (χ4n) is 2.14. The lowest BCUT2D eigenvalue weighted by atomic mass is 10.2. The molecule has 1 N–H and O–H groups in total. The van der Waals surface area contributed by atoms with Gasteiger partial charge in [0.25, 0.3) is 0 Å². The normalized spacial score (nSPS) is 10.7. The molecule has 0 atom stereocenters. The summed E-state index contributed by atoms with van der Waals surface area (Å²) >= 11 is 0. The van der Waals surface area contributed by atoms with Crippen LogP contribution in [0.15, 0.2) is 24.3 Å². The summed E-state index contributed by atoms with van der Waals surface area (Å²) < 4.78 is 10.9. The molecule has 0 aliphatic rings. The predicted octanol–water partition coefficient (Wildman–Crippen LogP) is 2.17. The Kier molecular flexibility index (Phi) is 8.07. The molecule has 1 rings (SSSR count). The molecule has 1 aromatic rings. The lowest BCUT2D eigenvalue weighted by molar-refractivity contribution is -0.896. The summed E-state index contributed by atoms with van der Waals surface area (Å²) in [6.45, 7) is 9.05. The van der Waals surface area contributed by atoms with Crippen LogP contribution in [0.3, 0.4) is 0 Å². The maximum absolute atomic E-state index is 5.72. The van der Waals surface area contributed by atoms with E-state index >= 15 is 0 Å². The number of rotatable bonds is 10. The molecule has 0 spiro atoms. The second-order valence-electron chi connectivity index (χ2n) is 4.80. The number of hydrogen-bond donors (Lipinski definition) is 1. The van der Waals surface area contributed by atoms with E-state index in [0.29, 0.717) is 0 Å². The average Bonchev–Trinajstić information content (AvgIpc) is 2.47. The van der Waals surface area contributed by atoms with Gasteiger partial charge in [-0.05, 0) is 45.2 Å². The van der Waals surface area contributed by atoms with Crippen molar-refractivity contribution in [2.24, 2.45) is 0 Å². The van der Waals surface area contributed by atoms with E-state index in [1.165, 1.54) is 32.5 Å². The van der Waals surface area contributed by atoms with Gasteiger partial charge < -0.3 is 14.4 Å². The highest BCUT2D eigenvalue weighted by Crippen LogP contribution is 2.18. The van der Waals surface area contributed by atoms with Gasteiger partial charge in [-0.1, -0.05) is 6.07 Å². The monoisotopic (exact) mass is 266 g/mol. The molecule has 0 aliphatic heterocycles. The number of benzene rings is 1. The summed E-state index contributed by atoms with van der Waals surface area (Å²) in [5.41, 5.74) is 0. The van der Waals surface area contributed by atoms with Crippen LogP contribution in [0.25, 0.3) is 0 Å². The van der Waals surface area contributed by atoms with E-state index in [4.69, 9.17) is 9.47 Å². The lowest BCUT2D eigenvalue weighted by Crippen LogP contribution is -3.11. The molecule has 0 unspecified atom stereocenters. The van der Waals surface area contributed by atoms with Crippen molar-refractivity contribution in [2.45, 2.75) is 33.1 Å². The minimum absolute atomic E-state index is 0.792. The Bertz CT molecular complexity index is 337. The van der Waals surface area contributed by atoms with E-state index in [1.807, 2.05) is 24.3 Å². The van der Waals surface area contributed by atoms with Crippen LogP contribution in [0, 0.1) is 0 Å². The minimum atomic E-state index is 0.792. The summed E-state index contributed by atoms with van der Waals surface area (Å²) in [6, 6.07) is 7.79. The number of ether oxygens (including phenoxy) is 2. The quantitative estimate of drug-likeness (QED) is 0.656. The van der Waals surface area contributed by atoms with Crippen LogP contribution in [-0.2, 0) is 0 Å². The standard InChI is InChI=1S/C16H27NO2/c1-4-17(5-2)12-7-6-8-13-19-16-11-9-10-15(14-16)18-3/h9-11,14H,4-8,12-13H2,1-3H3/p+1. The maximum Gasteiger partial charge on any atom is 0.122 e. The van der Waals surface area contributed by atoms with Crippen LogP contribution in [0.5, 0.6) is 11.5 Å². The van der Waals surface area contributed by atoms with Gasteiger partial charge in [-0.2, -0.15) is 0 Å². The minimum Gasteiger partial charge on any atom is -0.497 e. The number of quaternary nitrogens is 1. The van der Waals surface area contributed by atoms with Gasteiger partial charge in [0, 0.05) is 6.07 Å². The Hall–Kier alpha value is -1.22. The third-order valence-corrected chi connectivity index (χ3v) is 3.48. The molecule has 0 bridgehead atoms. The lowest BCUT2D eigenvalue weighted by Gasteiger charge is -2.14. The Morgan fingerprint density at radius 2 is 1.74 bits per heavy atom. The van der Waals surface area contributed by atoms with Crippen molar-refractivity contribution in [3.05, 3.63) is 24.3 Å². The second-order valence-corrected chi connectivity index (χ2v) is 4.80. The van der Waals surface area contributed by atoms with Crippen molar-refractivity contribution in [1.82, 2.24) is 0 Å². The second kappa shape index (κ2) is 9.68. The molecule has 3 heteroatoms. The molecule has 19 heavy (non-hydrogen) atoms. The van der Waals surface area contributed by atoms with Gasteiger partial charge in [0.05, 0.1) is 33.4 Å². The van der Waals surface area contributed by atoms with Gasteiger partial charge in [-0.25, -0.2) is 0 Å². The fourth-order valence-corrected chi connectivity index (χ4v) is 2.14. The van der Waals surface area contributed by atoms with Crippen molar-refractivity contribution < 1.29 is 14.4 Å². The van der Waals surface area contributed by atoms with Gasteiger partial charge in [0.1, 0.15) is 11.5 Å². The van der Waals surface area contributed by atoms with Gasteiger partial charge in [-0.3, -0.25) is 0 Å². The molecule has 0 saturated carbocycles. The van der Waals surface area contributed by atoms with Gasteiger partial charge in [0.2, 0.25) is 0 Å². The van der Waals surface area contributed by atoms with E-state index in [1.54, 1.807) is 12.0 Å². The molecular formula is C16H28NO2+. The molecule has 0 heterocycles. The Labute approximate surface area is 117 Å². The van der Waals surface area contributed by atoms with E-state index < -0.39 is 0 Å². The van der Waals surface area contributed by atoms with Crippen molar-refractivity contribution in [1.29, 1.82) is 0 Å². The summed E-state index contributed by atoms with van der Waals surface area (Å²) in [4.78, 5) is 1.69. The molecule has 0 fully saturated rings. The summed E-state index contributed by atoms with van der Waals surface area (Å²) in [5.74, 6) is 1.75. The molecule has 0 amide bonds. The van der Waals surface area contributed by atoms with Crippen molar-refractivity contribution in [2.75, 3.05) is 33.4 Å². The molecule has 3 nitrogen and oxygen atoms in total. The van der Waals surface area contributed by atoms with E-state index in [2.05, 4.69) is 13.8 Å². The molecular weight excluding hydrogens is 238 g/mol. The van der Waals surface area contributed by atoms with E-state index in [9.17, 15) is 0 Å². The van der Waals surface area contributed by atoms with Gasteiger partial charge in [-0.15, -0.1) is 0 Å². The van der Waals surface area contributed by atoms with E-state index in [-0.39, 0.29) is 0 Å². The van der Waals surface area contributed by atoms with Crippen LogP contribution in [-0.4, -0.2) is 33.4 Å². The SMILES string of the molecule is CC[NH+](CC)CCCCCOc1cccc(OC)c1. The number of unbranched alkanes of at least 4 members (excludes halogenated alkanes) is 2. The zero-order valence-electron chi connectivity index (χ0n) is 12.6. The van der Waals surface area contributed by atoms with Crippen molar-refractivity contribution >= 4 is 0 Å². The van der Waals surface area contributed by atoms with Crippen LogP contribution >= 0.6 is 0 Å². The van der Waals surface area contributed by atoms with Gasteiger partial charge in [0.15, 0.2) is 0 Å². The van der Waals surface area contributed by atoms with Gasteiger partial charge >= 0.3 is 0 Å². The molecule has 0 saturated heterocycles. The summed E-state index contributed by atoms with van der Waals surface area (Å²) in [6.07, 6.45) is 3.66. The van der Waals surface area contributed by atoms with Crippen molar-refractivity contribution in [3.8, 4) is 11.5 Å². The number of nitrogens with one attached hydrogen (secondary N) is 1. The average molecular weight is 266 g/mol. The Morgan fingerprint density at radius 3 is 2.42 bits per heavy atom. The maximum atomic E-state index is 5.72. The Morgan fingerprint density at radius 1 is 1.00 bits per heavy atom. The third-order valence-electron chi connectivity index (χ3n) is 3.48. The number of methoxy groups -OCH3 is 1. The molecule has 0 radical (unpaired) electrons. The smallest absolute Gasteiger partial charge is 0.122 e. The van der Waals surface area contributed by atoms with Crippen LogP contribution in [0.2, 0.25) is 0 Å². The zero-order valence-corrected chi connectivity index (χ0v) is 12.6. The van der Waals surface area contributed by atoms with Crippen LogP contribution in [0.4, 0.5) is 0 Å². The first-order chi connectivity index (χ1) is 9.30.